The fourth-order valence-corrected chi connectivity index (χ4v) is 4.91. The molecule has 2 aliphatic rings. The number of fused-ring (bicyclic) bond motifs is 1. The Kier molecular flexibility index (Phi) is 5.77. The molecule has 4 rings (SSSR count). The summed E-state index contributed by atoms with van der Waals surface area (Å²) in [6.45, 7) is 8.60. The van der Waals surface area contributed by atoms with Gasteiger partial charge in [0.05, 0.1) is 11.3 Å². The molecule has 1 aliphatic carbocycles. The Hall–Kier alpha value is -2.83. The molecular weight excluding hydrogens is 394 g/mol. The van der Waals surface area contributed by atoms with Gasteiger partial charge in [0, 0.05) is 25.3 Å². The summed E-state index contributed by atoms with van der Waals surface area (Å²) in [5, 5.41) is 4.33. The van der Waals surface area contributed by atoms with Crippen LogP contribution < -0.4 is 9.47 Å². The number of carbonyl (C=O) groups is 2. The van der Waals surface area contributed by atoms with Gasteiger partial charge in [-0.1, -0.05) is 32.8 Å². The first-order valence-corrected chi connectivity index (χ1v) is 11.0. The third-order valence-electron chi connectivity index (χ3n) is 7.05. The van der Waals surface area contributed by atoms with E-state index in [1.165, 1.54) is 0 Å². The number of hydrogen-bond acceptors (Lipinski definition) is 5. The second-order valence-corrected chi connectivity index (χ2v) is 8.95. The maximum atomic E-state index is 13.6. The fraction of sp³-hybridized carbons (Fsp3) is 0.542. The molecule has 1 amide bonds. The standard InChI is InChI=1S/C24H31N3O4/c1-14-7-6-8-19(15(14)2)27(12-18-9-10-20-21(11-18)31-13-30-20)24(29)23(28)22-16(3)25-26(5)17(22)4/h9-11,14-15,19H,6-8,12-13H2,1-5H3/t14-,15+,19-/m1/s1. The molecule has 0 saturated heterocycles. The molecule has 2 aromatic rings. The van der Waals surface area contributed by atoms with Crippen molar-refractivity contribution in [2.24, 2.45) is 18.9 Å². The summed E-state index contributed by atoms with van der Waals surface area (Å²) >= 11 is 0. The normalized spacial score (nSPS) is 22.4. The highest BCUT2D eigenvalue weighted by molar-refractivity contribution is 6.43. The van der Waals surface area contributed by atoms with Crippen molar-refractivity contribution in [1.82, 2.24) is 14.7 Å². The van der Waals surface area contributed by atoms with Crippen LogP contribution in [0.4, 0.5) is 0 Å². The van der Waals surface area contributed by atoms with Crippen molar-refractivity contribution < 1.29 is 19.1 Å². The maximum Gasteiger partial charge on any atom is 0.295 e. The van der Waals surface area contributed by atoms with E-state index in [9.17, 15) is 9.59 Å². The Morgan fingerprint density at radius 1 is 1.16 bits per heavy atom. The molecule has 1 fully saturated rings. The largest absolute Gasteiger partial charge is 0.454 e. The van der Waals surface area contributed by atoms with Gasteiger partial charge in [-0.25, -0.2) is 0 Å². The molecule has 166 valence electrons. The van der Waals surface area contributed by atoms with E-state index in [0.717, 1.165) is 24.8 Å². The molecule has 1 aliphatic heterocycles. The number of hydrogen-bond donors (Lipinski definition) is 0. The Bertz CT molecular complexity index is 1010. The van der Waals surface area contributed by atoms with Crippen LogP contribution in [-0.2, 0) is 18.4 Å². The van der Waals surface area contributed by atoms with Gasteiger partial charge in [-0.05, 0) is 49.8 Å². The van der Waals surface area contributed by atoms with Crippen LogP contribution >= 0.6 is 0 Å². The molecule has 2 heterocycles. The highest BCUT2D eigenvalue weighted by atomic mass is 16.7. The number of aryl methyl sites for hydroxylation is 2. The van der Waals surface area contributed by atoms with E-state index in [0.29, 0.717) is 46.8 Å². The Balaban J connectivity index is 1.67. The van der Waals surface area contributed by atoms with E-state index in [-0.39, 0.29) is 12.8 Å². The van der Waals surface area contributed by atoms with Gasteiger partial charge in [0.1, 0.15) is 0 Å². The van der Waals surface area contributed by atoms with Gasteiger partial charge >= 0.3 is 0 Å². The lowest BCUT2D eigenvalue weighted by Crippen LogP contribution is -2.49. The second kappa shape index (κ2) is 8.36. The fourth-order valence-electron chi connectivity index (χ4n) is 4.91. The topological polar surface area (TPSA) is 73.7 Å². The van der Waals surface area contributed by atoms with Crippen molar-refractivity contribution in [2.75, 3.05) is 6.79 Å². The highest BCUT2D eigenvalue weighted by Gasteiger charge is 2.38. The predicted molar refractivity (Wildman–Crippen MR) is 116 cm³/mol. The number of carbonyl (C=O) groups excluding carboxylic acids is 2. The molecule has 1 aromatic heterocycles. The minimum atomic E-state index is -0.478. The first-order valence-electron chi connectivity index (χ1n) is 11.0. The summed E-state index contributed by atoms with van der Waals surface area (Å²) in [6.07, 6.45) is 3.11. The summed E-state index contributed by atoms with van der Waals surface area (Å²) in [4.78, 5) is 28.8. The van der Waals surface area contributed by atoms with Crippen LogP contribution in [0, 0.1) is 25.7 Å². The van der Waals surface area contributed by atoms with Crippen molar-refractivity contribution in [2.45, 2.75) is 59.5 Å². The lowest BCUT2D eigenvalue weighted by Gasteiger charge is -2.41. The minimum Gasteiger partial charge on any atom is -0.454 e. The van der Waals surface area contributed by atoms with E-state index in [2.05, 4.69) is 18.9 Å². The van der Waals surface area contributed by atoms with Crippen molar-refractivity contribution in [1.29, 1.82) is 0 Å². The highest BCUT2D eigenvalue weighted by Crippen LogP contribution is 2.36. The van der Waals surface area contributed by atoms with Gasteiger partial charge in [-0.15, -0.1) is 0 Å². The van der Waals surface area contributed by atoms with Gasteiger partial charge in [0.25, 0.3) is 11.7 Å². The second-order valence-electron chi connectivity index (χ2n) is 8.95. The van der Waals surface area contributed by atoms with Crippen molar-refractivity contribution >= 4 is 11.7 Å². The van der Waals surface area contributed by atoms with Gasteiger partial charge in [-0.3, -0.25) is 14.3 Å². The van der Waals surface area contributed by atoms with Crippen LogP contribution in [0.15, 0.2) is 18.2 Å². The lowest BCUT2D eigenvalue weighted by molar-refractivity contribution is -0.131. The first kappa shape index (κ1) is 21.4. The van der Waals surface area contributed by atoms with Crippen LogP contribution in [-0.4, -0.2) is 39.2 Å². The molecule has 0 unspecified atom stereocenters. The third kappa shape index (κ3) is 3.93. The Labute approximate surface area is 183 Å². The summed E-state index contributed by atoms with van der Waals surface area (Å²) in [5.74, 6) is 1.27. The average Bonchev–Trinajstić information content (AvgIpc) is 3.31. The summed E-state index contributed by atoms with van der Waals surface area (Å²) < 4.78 is 12.6. The number of Topliss-reactive ketones (excluding diaryl/α,β-unsaturated/α-hetero) is 1. The van der Waals surface area contributed by atoms with Gasteiger partial charge < -0.3 is 14.4 Å². The molecule has 0 bridgehead atoms. The van der Waals surface area contributed by atoms with Gasteiger partial charge in [0.2, 0.25) is 6.79 Å². The monoisotopic (exact) mass is 425 g/mol. The van der Waals surface area contributed by atoms with Crippen LogP contribution in [0.5, 0.6) is 11.5 Å². The lowest BCUT2D eigenvalue weighted by atomic mass is 9.77. The van der Waals surface area contributed by atoms with Crippen LogP contribution in [0.1, 0.15) is 60.4 Å². The zero-order chi connectivity index (χ0) is 22.3. The average molecular weight is 426 g/mol. The number of benzene rings is 1. The molecule has 31 heavy (non-hydrogen) atoms. The molecule has 0 spiro atoms. The SMILES string of the molecule is Cc1nn(C)c(C)c1C(=O)C(=O)N(Cc1ccc2c(c1)OCO2)[C@@H]1CCC[C@@H](C)[C@@H]1C. The van der Waals surface area contributed by atoms with E-state index < -0.39 is 11.7 Å². The Morgan fingerprint density at radius 2 is 1.90 bits per heavy atom. The molecular formula is C24H31N3O4. The van der Waals surface area contributed by atoms with Crippen molar-refractivity contribution in [3.63, 3.8) is 0 Å². The number of ketones is 1. The van der Waals surface area contributed by atoms with Crippen molar-refractivity contribution in [3.8, 4) is 11.5 Å². The zero-order valence-corrected chi connectivity index (χ0v) is 19.0. The number of aromatic nitrogens is 2. The molecule has 7 heteroatoms. The zero-order valence-electron chi connectivity index (χ0n) is 19.0. The third-order valence-corrected chi connectivity index (χ3v) is 7.05. The number of nitrogens with zero attached hydrogens (tertiary/aromatic N) is 3. The smallest absolute Gasteiger partial charge is 0.295 e. The van der Waals surface area contributed by atoms with Crippen LogP contribution in [0.3, 0.4) is 0 Å². The van der Waals surface area contributed by atoms with Crippen LogP contribution in [0.2, 0.25) is 0 Å². The summed E-state index contributed by atoms with van der Waals surface area (Å²) in [7, 11) is 1.79. The number of amides is 1. The van der Waals surface area contributed by atoms with E-state index >= 15 is 0 Å². The maximum absolute atomic E-state index is 13.6. The minimum absolute atomic E-state index is 0.0166. The van der Waals surface area contributed by atoms with E-state index in [1.807, 2.05) is 25.1 Å². The Morgan fingerprint density at radius 3 is 2.61 bits per heavy atom. The molecule has 1 aromatic carbocycles. The quantitative estimate of drug-likeness (QED) is 0.538. The summed E-state index contributed by atoms with van der Waals surface area (Å²) in [6, 6.07) is 5.73. The molecule has 1 saturated carbocycles. The molecule has 0 radical (unpaired) electrons. The van der Waals surface area contributed by atoms with Gasteiger partial charge in [-0.2, -0.15) is 5.10 Å². The van der Waals surface area contributed by atoms with Gasteiger partial charge in [0.15, 0.2) is 11.5 Å². The molecule has 3 atom stereocenters. The molecule has 7 nitrogen and oxygen atoms in total. The van der Waals surface area contributed by atoms with E-state index in [4.69, 9.17) is 9.47 Å². The van der Waals surface area contributed by atoms with Crippen LogP contribution in [0.25, 0.3) is 0 Å². The summed E-state index contributed by atoms with van der Waals surface area (Å²) in [5.41, 5.74) is 2.64. The number of ether oxygens (including phenoxy) is 2. The predicted octanol–water partition coefficient (Wildman–Crippen LogP) is 3.80. The first-order chi connectivity index (χ1) is 14.8. The van der Waals surface area contributed by atoms with E-state index in [1.54, 1.807) is 23.6 Å². The number of rotatable bonds is 5. The molecule has 0 N–H and O–H groups in total. The van der Waals surface area contributed by atoms with Crippen molar-refractivity contribution in [3.05, 3.63) is 40.7 Å².